The monoisotopic (exact) mass is 333 g/mol. The van der Waals surface area contributed by atoms with Gasteiger partial charge >= 0.3 is 6.03 Å². The highest BCUT2D eigenvalue weighted by Crippen LogP contribution is 2.20. The summed E-state index contributed by atoms with van der Waals surface area (Å²) in [5, 5.41) is 15.8. The van der Waals surface area contributed by atoms with Crippen LogP contribution in [-0.2, 0) is 0 Å². The number of amides is 2. The Morgan fingerprint density at radius 1 is 1.25 bits per heavy atom. The third-order valence-electron chi connectivity index (χ3n) is 4.66. The molecule has 1 aliphatic heterocycles. The van der Waals surface area contributed by atoms with E-state index in [1.807, 2.05) is 36.9 Å². The number of piperidine rings is 1. The van der Waals surface area contributed by atoms with Crippen molar-refractivity contribution in [2.24, 2.45) is 5.41 Å². The Bertz CT molecular complexity index is 497. The van der Waals surface area contributed by atoms with E-state index >= 15 is 0 Å². The zero-order valence-corrected chi connectivity index (χ0v) is 14.9. The standard InChI is InChI=1S/C19H31N3O2/c1-19(2,15-23)11-6-12-20-18(24)22-13-9-17(10-14-22)21-16-7-4-3-5-8-16/h3-5,7-8,17,21,23H,6,9-15H2,1-2H3,(H,20,24). The molecule has 24 heavy (non-hydrogen) atoms. The Balaban J connectivity index is 1.64. The number of urea groups is 1. The van der Waals surface area contributed by atoms with Crippen LogP contribution in [0.1, 0.15) is 39.5 Å². The normalized spacial score (nSPS) is 16.0. The van der Waals surface area contributed by atoms with Crippen molar-refractivity contribution in [2.75, 3.05) is 31.6 Å². The third kappa shape index (κ3) is 6.04. The number of nitrogens with one attached hydrogen (secondary N) is 2. The number of hydrogen-bond acceptors (Lipinski definition) is 3. The number of para-hydroxylation sites is 1. The fourth-order valence-corrected chi connectivity index (χ4v) is 2.95. The number of nitrogens with zero attached hydrogens (tertiary/aromatic N) is 1. The second kappa shape index (κ2) is 8.92. The number of likely N-dealkylation sites (tertiary alicyclic amines) is 1. The van der Waals surface area contributed by atoms with Gasteiger partial charge < -0.3 is 20.6 Å². The number of rotatable bonds is 7. The Morgan fingerprint density at radius 3 is 2.54 bits per heavy atom. The van der Waals surface area contributed by atoms with Crippen LogP contribution < -0.4 is 10.6 Å². The summed E-state index contributed by atoms with van der Waals surface area (Å²) in [5.41, 5.74) is 1.08. The Labute approximate surface area is 145 Å². The summed E-state index contributed by atoms with van der Waals surface area (Å²) < 4.78 is 0. The molecular weight excluding hydrogens is 302 g/mol. The molecule has 5 heteroatoms. The van der Waals surface area contributed by atoms with E-state index in [4.69, 9.17) is 0 Å². The van der Waals surface area contributed by atoms with E-state index in [0.29, 0.717) is 12.6 Å². The smallest absolute Gasteiger partial charge is 0.317 e. The molecule has 3 N–H and O–H groups in total. The van der Waals surface area contributed by atoms with Crippen molar-refractivity contribution in [1.82, 2.24) is 10.2 Å². The van der Waals surface area contributed by atoms with E-state index in [2.05, 4.69) is 22.8 Å². The van der Waals surface area contributed by atoms with Gasteiger partial charge in [-0.05, 0) is 43.2 Å². The molecule has 134 valence electrons. The summed E-state index contributed by atoms with van der Waals surface area (Å²) in [6.07, 6.45) is 3.75. The number of benzene rings is 1. The van der Waals surface area contributed by atoms with E-state index in [1.165, 1.54) is 0 Å². The first kappa shape index (κ1) is 18.6. The minimum Gasteiger partial charge on any atom is -0.396 e. The van der Waals surface area contributed by atoms with E-state index < -0.39 is 0 Å². The van der Waals surface area contributed by atoms with E-state index in [9.17, 15) is 9.90 Å². The molecule has 0 atom stereocenters. The Hall–Kier alpha value is -1.75. The highest BCUT2D eigenvalue weighted by atomic mass is 16.3. The van der Waals surface area contributed by atoms with Crippen molar-refractivity contribution in [1.29, 1.82) is 0 Å². The molecule has 0 bridgehead atoms. The van der Waals surface area contributed by atoms with E-state index in [-0.39, 0.29) is 18.1 Å². The molecule has 1 aromatic rings. The molecule has 0 aromatic heterocycles. The van der Waals surface area contributed by atoms with Crippen molar-refractivity contribution in [3.05, 3.63) is 30.3 Å². The Kier molecular flexibility index (Phi) is 6.91. The second-order valence-corrected chi connectivity index (χ2v) is 7.43. The zero-order valence-electron chi connectivity index (χ0n) is 14.9. The van der Waals surface area contributed by atoms with Gasteiger partial charge in [-0.2, -0.15) is 0 Å². The maximum absolute atomic E-state index is 12.2. The quantitative estimate of drug-likeness (QED) is 0.672. The molecule has 0 radical (unpaired) electrons. The maximum Gasteiger partial charge on any atom is 0.317 e. The minimum atomic E-state index is -0.0633. The first-order valence-corrected chi connectivity index (χ1v) is 8.95. The average molecular weight is 333 g/mol. The van der Waals surface area contributed by atoms with E-state index in [0.717, 1.165) is 44.5 Å². The van der Waals surface area contributed by atoms with Crippen LogP contribution in [0, 0.1) is 5.41 Å². The number of anilines is 1. The van der Waals surface area contributed by atoms with Crippen molar-refractivity contribution < 1.29 is 9.90 Å². The summed E-state index contributed by atoms with van der Waals surface area (Å²) >= 11 is 0. The van der Waals surface area contributed by atoms with Gasteiger partial charge in [-0.3, -0.25) is 0 Å². The fourth-order valence-electron chi connectivity index (χ4n) is 2.95. The SMILES string of the molecule is CC(C)(CO)CCCNC(=O)N1CCC(Nc2ccccc2)CC1. The van der Waals surface area contributed by atoms with Crippen LogP contribution in [0.5, 0.6) is 0 Å². The van der Waals surface area contributed by atoms with Crippen LogP contribution in [0.3, 0.4) is 0 Å². The van der Waals surface area contributed by atoms with Crippen molar-refractivity contribution in [3.8, 4) is 0 Å². The summed E-state index contributed by atoms with van der Waals surface area (Å²) in [6.45, 7) is 6.52. The lowest BCUT2D eigenvalue weighted by Gasteiger charge is -2.33. The largest absolute Gasteiger partial charge is 0.396 e. The van der Waals surface area contributed by atoms with Crippen molar-refractivity contribution in [3.63, 3.8) is 0 Å². The van der Waals surface area contributed by atoms with Crippen molar-refractivity contribution in [2.45, 2.75) is 45.6 Å². The van der Waals surface area contributed by atoms with Gasteiger partial charge in [0.2, 0.25) is 0 Å². The predicted molar refractivity (Wildman–Crippen MR) is 98.2 cm³/mol. The molecule has 2 rings (SSSR count). The maximum atomic E-state index is 12.2. The van der Waals surface area contributed by atoms with Gasteiger partial charge in [-0.25, -0.2) is 4.79 Å². The van der Waals surface area contributed by atoms with Crippen LogP contribution in [-0.4, -0.2) is 48.3 Å². The lowest BCUT2D eigenvalue weighted by Crippen LogP contribution is -2.47. The van der Waals surface area contributed by atoms with E-state index in [1.54, 1.807) is 0 Å². The molecule has 1 aliphatic rings. The van der Waals surface area contributed by atoms with Crippen LogP contribution in [0.15, 0.2) is 30.3 Å². The topological polar surface area (TPSA) is 64.6 Å². The molecule has 1 aromatic carbocycles. The molecule has 0 spiro atoms. The second-order valence-electron chi connectivity index (χ2n) is 7.43. The number of carbonyl (C=O) groups excluding carboxylic acids is 1. The molecule has 0 aliphatic carbocycles. The zero-order chi connectivity index (χ0) is 17.4. The minimum absolute atomic E-state index is 0.0370. The molecule has 0 unspecified atom stereocenters. The molecule has 1 saturated heterocycles. The van der Waals surface area contributed by atoms with Gasteiger partial charge in [0.05, 0.1) is 0 Å². The lowest BCUT2D eigenvalue weighted by molar-refractivity contribution is 0.147. The summed E-state index contributed by atoms with van der Waals surface area (Å²) in [4.78, 5) is 14.1. The predicted octanol–water partition coefficient (Wildman–Crippen LogP) is 3.07. The molecule has 2 amide bonds. The highest BCUT2D eigenvalue weighted by Gasteiger charge is 2.22. The van der Waals surface area contributed by atoms with Crippen LogP contribution in [0.4, 0.5) is 10.5 Å². The Morgan fingerprint density at radius 2 is 1.92 bits per heavy atom. The summed E-state index contributed by atoms with van der Waals surface area (Å²) in [7, 11) is 0. The first-order valence-electron chi connectivity index (χ1n) is 8.95. The number of aliphatic hydroxyl groups excluding tert-OH is 1. The molecule has 0 saturated carbocycles. The van der Waals surface area contributed by atoms with Crippen molar-refractivity contribution >= 4 is 11.7 Å². The summed E-state index contributed by atoms with van der Waals surface area (Å²) in [5.74, 6) is 0. The van der Waals surface area contributed by atoms with Gasteiger partial charge in [0.15, 0.2) is 0 Å². The van der Waals surface area contributed by atoms with Gasteiger partial charge in [0.25, 0.3) is 0 Å². The van der Waals surface area contributed by atoms with Gasteiger partial charge in [0.1, 0.15) is 0 Å². The number of carbonyl (C=O) groups is 1. The van der Waals surface area contributed by atoms with Crippen LogP contribution >= 0.6 is 0 Å². The average Bonchev–Trinajstić information content (AvgIpc) is 2.60. The third-order valence-corrected chi connectivity index (χ3v) is 4.66. The van der Waals surface area contributed by atoms with Crippen LogP contribution in [0.2, 0.25) is 0 Å². The molecule has 1 fully saturated rings. The molecule has 1 heterocycles. The summed E-state index contributed by atoms with van der Waals surface area (Å²) in [6, 6.07) is 10.7. The number of aliphatic hydroxyl groups is 1. The van der Waals surface area contributed by atoms with Gasteiger partial charge in [-0.15, -0.1) is 0 Å². The van der Waals surface area contributed by atoms with Gasteiger partial charge in [0, 0.05) is 38.0 Å². The van der Waals surface area contributed by atoms with Crippen LogP contribution in [0.25, 0.3) is 0 Å². The van der Waals surface area contributed by atoms with Gasteiger partial charge in [-0.1, -0.05) is 32.0 Å². The molecular formula is C19H31N3O2. The lowest BCUT2D eigenvalue weighted by atomic mass is 9.89. The highest BCUT2D eigenvalue weighted by molar-refractivity contribution is 5.74. The number of hydrogen-bond donors (Lipinski definition) is 3. The fraction of sp³-hybridized carbons (Fsp3) is 0.632. The molecule has 5 nitrogen and oxygen atoms in total. The first-order chi connectivity index (χ1) is 11.5.